The molecule has 0 fully saturated rings. The first kappa shape index (κ1) is 47.9. The Bertz CT molecular complexity index is 1010. The number of carbonyl (C=O) groups is 2. The van der Waals surface area contributed by atoms with E-state index in [1.807, 2.05) is 18.2 Å². The van der Waals surface area contributed by atoms with E-state index in [1.54, 1.807) is 0 Å². The molecule has 12 heteroatoms. The molecule has 0 rings (SSSR count). The highest BCUT2D eigenvalue weighted by Gasteiger charge is 2.27. The summed E-state index contributed by atoms with van der Waals surface area (Å²) in [5.41, 5.74) is 0. The van der Waals surface area contributed by atoms with Crippen LogP contribution in [0.1, 0.15) is 130 Å². The minimum atomic E-state index is -4.63. The number of phosphoric ester groups is 1. The lowest BCUT2D eigenvalue weighted by atomic mass is 10.0. The SMILES string of the molecule is CCCC(O)C/C=C\C/C=C\C/C=C\C/C=C\CCCC(=O)OC[C@H](COP(=O)(O)OC[C@@H](O)CO)OC(=O)CCCCCCCCC(C)C. The van der Waals surface area contributed by atoms with Crippen molar-refractivity contribution in [2.75, 3.05) is 26.4 Å². The third-order valence-corrected chi connectivity index (χ3v) is 8.42. The minimum absolute atomic E-state index is 0.149. The van der Waals surface area contributed by atoms with Crippen molar-refractivity contribution in [2.45, 2.75) is 148 Å². The van der Waals surface area contributed by atoms with Crippen molar-refractivity contribution in [1.29, 1.82) is 0 Å². The Kier molecular flexibility index (Phi) is 31.4. The average Bonchev–Trinajstić information content (AvgIpc) is 3.07. The molecule has 0 saturated heterocycles. The van der Waals surface area contributed by atoms with Gasteiger partial charge in [0.05, 0.1) is 25.9 Å². The number of rotatable bonds is 33. The number of carbonyl (C=O) groups excluding carboxylic acids is 2. The summed E-state index contributed by atoms with van der Waals surface area (Å²) in [4.78, 5) is 34.7. The topological polar surface area (TPSA) is 169 Å². The van der Waals surface area contributed by atoms with Gasteiger partial charge in [0.1, 0.15) is 12.7 Å². The van der Waals surface area contributed by atoms with Crippen LogP contribution in [-0.2, 0) is 32.7 Å². The van der Waals surface area contributed by atoms with Gasteiger partial charge in [0.2, 0.25) is 0 Å². The van der Waals surface area contributed by atoms with E-state index in [-0.39, 0.29) is 25.6 Å². The van der Waals surface area contributed by atoms with Crippen LogP contribution in [0.15, 0.2) is 48.6 Å². The molecular weight excluding hydrogens is 663 g/mol. The second-order valence-corrected chi connectivity index (χ2v) is 14.4. The predicted molar refractivity (Wildman–Crippen MR) is 197 cm³/mol. The fourth-order valence-corrected chi connectivity index (χ4v) is 5.38. The van der Waals surface area contributed by atoms with Crippen LogP contribution < -0.4 is 0 Å². The zero-order chi connectivity index (χ0) is 37.3. The van der Waals surface area contributed by atoms with Crippen molar-refractivity contribution in [3.8, 4) is 0 Å². The lowest BCUT2D eigenvalue weighted by molar-refractivity contribution is -0.161. The molecule has 290 valence electrons. The fraction of sp³-hybridized carbons (Fsp3) is 0.737. The molecule has 0 radical (unpaired) electrons. The summed E-state index contributed by atoms with van der Waals surface area (Å²) < 4.78 is 32.4. The number of hydrogen-bond acceptors (Lipinski definition) is 10. The summed E-state index contributed by atoms with van der Waals surface area (Å²) in [7, 11) is -4.63. The molecule has 0 aliphatic rings. The van der Waals surface area contributed by atoms with Gasteiger partial charge in [-0.25, -0.2) is 4.57 Å². The summed E-state index contributed by atoms with van der Waals surface area (Å²) in [5.74, 6) is -0.318. The number of aliphatic hydroxyl groups is 3. The van der Waals surface area contributed by atoms with E-state index in [4.69, 9.17) is 19.1 Å². The van der Waals surface area contributed by atoms with Crippen LogP contribution >= 0.6 is 7.82 Å². The minimum Gasteiger partial charge on any atom is -0.462 e. The number of esters is 2. The Morgan fingerprint density at radius 2 is 1.24 bits per heavy atom. The van der Waals surface area contributed by atoms with Crippen molar-refractivity contribution < 1.29 is 52.9 Å². The summed E-state index contributed by atoms with van der Waals surface area (Å²) in [6.45, 7) is 4.28. The van der Waals surface area contributed by atoms with Crippen LogP contribution in [0.25, 0.3) is 0 Å². The quantitative estimate of drug-likeness (QED) is 0.0225. The zero-order valence-corrected chi connectivity index (χ0v) is 31.8. The summed E-state index contributed by atoms with van der Waals surface area (Å²) >= 11 is 0. The third-order valence-electron chi connectivity index (χ3n) is 7.47. The highest BCUT2D eigenvalue weighted by atomic mass is 31.2. The molecule has 0 aromatic heterocycles. The monoisotopic (exact) mass is 730 g/mol. The molecule has 0 bridgehead atoms. The maximum atomic E-state index is 12.5. The van der Waals surface area contributed by atoms with Gasteiger partial charge in [0.25, 0.3) is 0 Å². The smallest absolute Gasteiger partial charge is 0.462 e. The second-order valence-electron chi connectivity index (χ2n) is 12.9. The molecule has 11 nitrogen and oxygen atoms in total. The van der Waals surface area contributed by atoms with Crippen LogP contribution in [0, 0.1) is 5.92 Å². The Hall–Kier alpha value is -2.11. The molecule has 0 amide bonds. The second kappa shape index (κ2) is 32.8. The van der Waals surface area contributed by atoms with Crippen molar-refractivity contribution >= 4 is 19.8 Å². The zero-order valence-electron chi connectivity index (χ0n) is 30.9. The normalized spacial score (nSPS) is 15.4. The highest BCUT2D eigenvalue weighted by Crippen LogP contribution is 2.43. The maximum absolute atomic E-state index is 12.5. The van der Waals surface area contributed by atoms with Gasteiger partial charge < -0.3 is 29.7 Å². The third kappa shape index (κ3) is 33.1. The van der Waals surface area contributed by atoms with Crippen LogP contribution in [0.2, 0.25) is 0 Å². The first-order chi connectivity index (χ1) is 24.0. The molecule has 2 unspecified atom stereocenters. The molecule has 0 heterocycles. The Morgan fingerprint density at radius 1 is 0.680 bits per heavy atom. The molecule has 0 aliphatic heterocycles. The van der Waals surface area contributed by atoms with Gasteiger partial charge in [-0.3, -0.25) is 18.6 Å². The predicted octanol–water partition coefficient (Wildman–Crippen LogP) is 7.82. The first-order valence-corrected chi connectivity index (χ1v) is 20.0. The van der Waals surface area contributed by atoms with Gasteiger partial charge in [-0.15, -0.1) is 0 Å². The van der Waals surface area contributed by atoms with Crippen molar-refractivity contribution in [3.63, 3.8) is 0 Å². The Balaban J connectivity index is 4.47. The van der Waals surface area contributed by atoms with Gasteiger partial charge in [-0.1, -0.05) is 114 Å². The molecule has 0 saturated carbocycles. The van der Waals surface area contributed by atoms with Gasteiger partial charge >= 0.3 is 19.8 Å². The lowest BCUT2D eigenvalue weighted by Crippen LogP contribution is -2.29. The average molecular weight is 731 g/mol. The highest BCUT2D eigenvalue weighted by molar-refractivity contribution is 7.47. The fourth-order valence-electron chi connectivity index (χ4n) is 4.60. The number of allylic oxidation sites excluding steroid dienone is 7. The van der Waals surface area contributed by atoms with Gasteiger partial charge in [0, 0.05) is 12.8 Å². The summed E-state index contributed by atoms with van der Waals surface area (Å²) in [5, 5.41) is 27.9. The largest absolute Gasteiger partial charge is 0.472 e. The van der Waals surface area contributed by atoms with Crippen LogP contribution in [0.5, 0.6) is 0 Å². The number of aliphatic hydroxyl groups excluding tert-OH is 3. The molecule has 4 atom stereocenters. The van der Waals surface area contributed by atoms with E-state index < -0.39 is 51.8 Å². The molecular formula is C38H67O11P. The van der Waals surface area contributed by atoms with E-state index in [9.17, 15) is 29.3 Å². The van der Waals surface area contributed by atoms with Gasteiger partial charge in [-0.05, 0) is 57.3 Å². The maximum Gasteiger partial charge on any atom is 0.472 e. The van der Waals surface area contributed by atoms with E-state index >= 15 is 0 Å². The van der Waals surface area contributed by atoms with Crippen LogP contribution in [0.3, 0.4) is 0 Å². The lowest BCUT2D eigenvalue weighted by Gasteiger charge is -2.20. The Labute approximate surface area is 301 Å². The van der Waals surface area contributed by atoms with Crippen LogP contribution in [-0.4, -0.2) is 76.9 Å². The van der Waals surface area contributed by atoms with Crippen LogP contribution in [0.4, 0.5) is 0 Å². The van der Waals surface area contributed by atoms with E-state index in [0.717, 1.165) is 51.4 Å². The number of unbranched alkanes of at least 4 members (excludes halogenated alkanes) is 6. The molecule has 50 heavy (non-hydrogen) atoms. The Morgan fingerprint density at radius 3 is 1.86 bits per heavy atom. The standard InChI is InChI=1S/C38H67O11P/c1-4-24-34(40)26-21-17-12-10-8-6-5-7-9-11-13-18-22-27-37(42)46-31-36(32-48-50(44,45)47-30-35(41)29-39)49-38(43)28-23-19-15-14-16-20-25-33(2)3/h5,7-8,10-11,13,17,21,33-36,39-41H,4,6,9,12,14-16,18-20,22-32H2,1-3H3,(H,44,45)/b7-5-,10-8-,13-11-,21-17-/t34?,35-,36+/m0/s1. The van der Waals surface area contributed by atoms with Gasteiger partial charge in [-0.2, -0.15) is 0 Å². The van der Waals surface area contributed by atoms with Gasteiger partial charge in [0.15, 0.2) is 6.10 Å². The number of phosphoric acid groups is 1. The molecule has 0 aromatic rings. The first-order valence-electron chi connectivity index (χ1n) is 18.5. The van der Waals surface area contributed by atoms with E-state index in [2.05, 4.69) is 55.7 Å². The van der Waals surface area contributed by atoms with Crippen molar-refractivity contribution in [3.05, 3.63) is 48.6 Å². The summed E-state index contributed by atoms with van der Waals surface area (Å²) in [6.07, 6.45) is 27.6. The van der Waals surface area contributed by atoms with Crippen molar-refractivity contribution in [1.82, 2.24) is 0 Å². The number of hydrogen-bond donors (Lipinski definition) is 4. The number of ether oxygens (including phenoxy) is 2. The molecule has 0 aromatic carbocycles. The molecule has 0 spiro atoms. The van der Waals surface area contributed by atoms with E-state index in [0.29, 0.717) is 31.6 Å². The summed E-state index contributed by atoms with van der Waals surface area (Å²) in [6, 6.07) is 0. The molecule has 0 aliphatic carbocycles. The molecule has 4 N–H and O–H groups in total. The van der Waals surface area contributed by atoms with Crippen molar-refractivity contribution in [2.24, 2.45) is 5.92 Å². The van der Waals surface area contributed by atoms with E-state index in [1.165, 1.54) is 19.3 Å².